The van der Waals surface area contributed by atoms with Gasteiger partial charge in [-0.1, -0.05) is 57.2 Å². The van der Waals surface area contributed by atoms with Crippen LogP contribution in [0, 0.1) is 13.8 Å². The number of hydrogen-bond donors (Lipinski definition) is 1. The summed E-state index contributed by atoms with van der Waals surface area (Å²) in [6.45, 7) is 10.4. The zero-order valence-corrected chi connectivity index (χ0v) is 20.5. The van der Waals surface area contributed by atoms with E-state index in [-0.39, 0.29) is 22.9 Å². The molecule has 3 aromatic carbocycles. The van der Waals surface area contributed by atoms with Gasteiger partial charge in [0.05, 0.1) is 18.4 Å². The summed E-state index contributed by atoms with van der Waals surface area (Å²) in [5, 5.41) is 3.28. The van der Waals surface area contributed by atoms with Gasteiger partial charge in [-0.2, -0.15) is 0 Å². The fourth-order valence-electron chi connectivity index (χ4n) is 4.02. The van der Waals surface area contributed by atoms with Crippen molar-refractivity contribution in [2.45, 2.75) is 40.0 Å². The number of methoxy groups -OCH3 is 1. The van der Waals surface area contributed by atoms with E-state index < -0.39 is 0 Å². The van der Waals surface area contributed by atoms with Gasteiger partial charge in [-0.3, -0.25) is 9.59 Å². The molecule has 0 unspecified atom stereocenters. The molecule has 0 spiro atoms. The fraction of sp³-hybridized carbons (Fsp3) is 0.241. The predicted molar refractivity (Wildman–Crippen MR) is 137 cm³/mol. The highest BCUT2D eigenvalue weighted by Gasteiger charge is 2.40. The third-order valence-electron chi connectivity index (χ3n) is 6.11. The first-order valence-electron chi connectivity index (χ1n) is 11.3. The Morgan fingerprint density at radius 3 is 2.06 bits per heavy atom. The summed E-state index contributed by atoms with van der Waals surface area (Å²) in [5.41, 5.74) is 5.76. The first-order valence-corrected chi connectivity index (χ1v) is 11.3. The number of carbonyl (C=O) groups excluding carboxylic acids is 2. The molecule has 0 saturated heterocycles. The number of aryl methyl sites for hydroxylation is 2. The lowest BCUT2D eigenvalue weighted by Crippen LogP contribution is -2.32. The topological polar surface area (TPSA) is 58.6 Å². The van der Waals surface area contributed by atoms with E-state index in [0.717, 1.165) is 22.4 Å². The molecule has 0 fully saturated rings. The molecule has 0 aliphatic carbocycles. The van der Waals surface area contributed by atoms with Gasteiger partial charge in [-0.05, 0) is 71.8 Å². The first kappa shape index (κ1) is 23.3. The molecule has 4 rings (SSSR count). The molecule has 5 heteroatoms. The van der Waals surface area contributed by atoms with Crippen molar-refractivity contribution < 1.29 is 14.3 Å². The van der Waals surface area contributed by atoms with Crippen molar-refractivity contribution >= 4 is 28.8 Å². The number of anilines is 2. The van der Waals surface area contributed by atoms with E-state index in [0.29, 0.717) is 22.6 Å². The Bertz CT molecular complexity index is 1280. The molecule has 0 radical (unpaired) electrons. The molecule has 0 aromatic heterocycles. The van der Waals surface area contributed by atoms with Crippen LogP contribution in [0.4, 0.5) is 11.4 Å². The maximum atomic E-state index is 13.7. The van der Waals surface area contributed by atoms with E-state index in [1.165, 1.54) is 4.90 Å². The number of rotatable bonds is 5. The summed E-state index contributed by atoms with van der Waals surface area (Å²) < 4.78 is 5.27. The van der Waals surface area contributed by atoms with Gasteiger partial charge in [-0.15, -0.1) is 0 Å². The van der Waals surface area contributed by atoms with Crippen LogP contribution in [0.5, 0.6) is 5.75 Å². The molecule has 174 valence electrons. The summed E-state index contributed by atoms with van der Waals surface area (Å²) in [5.74, 6) is -0.0495. The van der Waals surface area contributed by atoms with Gasteiger partial charge < -0.3 is 10.1 Å². The number of benzene rings is 3. The van der Waals surface area contributed by atoms with Crippen LogP contribution < -0.4 is 15.0 Å². The van der Waals surface area contributed by atoms with Gasteiger partial charge >= 0.3 is 0 Å². The smallest absolute Gasteiger partial charge is 0.282 e. The minimum absolute atomic E-state index is 0.0283. The summed E-state index contributed by atoms with van der Waals surface area (Å²) in [7, 11) is 1.59. The van der Waals surface area contributed by atoms with Crippen LogP contribution >= 0.6 is 0 Å². The van der Waals surface area contributed by atoms with E-state index in [1.807, 2.05) is 56.3 Å². The number of carbonyl (C=O) groups is 2. The standard InChI is InChI=1S/C29H30N2O3/c1-18-7-8-19(2)24(17-18)30-26-25(20-9-15-23(34-6)16-10-20)27(32)31(28(26)33)22-13-11-21(12-14-22)29(3,4)5/h7-17,30H,1-6H3. The van der Waals surface area contributed by atoms with Gasteiger partial charge in [0.15, 0.2) is 0 Å². The minimum Gasteiger partial charge on any atom is -0.497 e. The van der Waals surface area contributed by atoms with Crippen molar-refractivity contribution in [1.82, 2.24) is 0 Å². The van der Waals surface area contributed by atoms with Crippen LogP contribution in [0.25, 0.3) is 5.57 Å². The van der Waals surface area contributed by atoms with Gasteiger partial charge in [-0.25, -0.2) is 4.90 Å². The average molecular weight is 455 g/mol. The van der Waals surface area contributed by atoms with E-state index in [4.69, 9.17) is 4.74 Å². The number of imide groups is 1. The van der Waals surface area contributed by atoms with Gasteiger partial charge in [0.2, 0.25) is 0 Å². The van der Waals surface area contributed by atoms with E-state index in [9.17, 15) is 9.59 Å². The molecule has 2 amide bonds. The molecule has 1 aliphatic heterocycles. The quantitative estimate of drug-likeness (QED) is 0.480. The molecule has 1 aliphatic rings. The Labute approximate surface area is 201 Å². The van der Waals surface area contributed by atoms with Crippen molar-refractivity contribution in [1.29, 1.82) is 0 Å². The maximum absolute atomic E-state index is 13.7. The number of hydrogen-bond acceptors (Lipinski definition) is 4. The zero-order valence-electron chi connectivity index (χ0n) is 20.5. The zero-order chi connectivity index (χ0) is 24.6. The van der Waals surface area contributed by atoms with Gasteiger partial charge in [0, 0.05) is 5.69 Å². The van der Waals surface area contributed by atoms with E-state index >= 15 is 0 Å². The SMILES string of the molecule is COc1ccc(C2=C(Nc3cc(C)ccc3C)C(=O)N(c3ccc(C(C)(C)C)cc3)C2=O)cc1. The van der Waals surface area contributed by atoms with Crippen LogP contribution in [0.15, 0.2) is 72.4 Å². The highest BCUT2D eigenvalue weighted by Crippen LogP contribution is 2.36. The summed E-state index contributed by atoms with van der Waals surface area (Å²) >= 11 is 0. The Kier molecular flexibility index (Phi) is 6.05. The number of nitrogens with one attached hydrogen (secondary N) is 1. The van der Waals surface area contributed by atoms with Crippen molar-refractivity contribution in [3.63, 3.8) is 0 Å². The van der Waals surface area contributed by atoms with E-state index in [2.05, 4.69) is 26.1 Å². The van der Waals surface area contributed by atoms with Crippen LogP contribution in [-0.2, 0) is 15.0 Å². The third-order valence-corrected chi connectivity index (χ3v) is 6.11. The molecule has 0 saturated carbocycles. The lowest BCUT2D eigenvalue weighted by Gasteiger charge is -2.21. The second-order valence-corrected chi connectivity index (χ2v) is 9.66. The van der Waals surface area contributed by atoms with Crippen LogP contribution in [0.3, 0.4) is 0 Å². The van der Waals surface area contributed by atoms with Crippen molar-refractivity contribution in [2.24, 2.45) is 0 Å². The average Bonchev–Trinajstić information content (AvgIpc) is 3.05. The summed E-state index contributed by atoms with van der Waals surface area (Å²) in [4.78, 5) is 28.6. The largest absolute Gasteiger partial charge is 0.497 e. The normalized spacial score (nSPS) is 14.1. The third kappa shape index (κ3) is 4.34. The Balaban J connectivity index is 1.80. The van der Waals surface area contributed by atoms with Crippen LogP contribution in [-0.4, -0.2) is 18.9 Å². The molecule has 0 bridgehead atoms. The molecule has 0 atom stereocenters. The van der Waals surface area contributed by atoms with Crippen molar-refractivity contribution in [2.75, 3.05) is 17.3 Å². The molecular formula is C29H30N2O3. The van der Waals surface area contributed by atoms with Crippen LogP contribution in [0.1, 0.15) is 43.0 Å². The number of amides is 2. The number of nitrogens with zero attached hydrogens (tertiary/aromatic N) is 1. The molecule has 3 aromatic rings. The highest BCUT2D eigenvalue weighted by atomic mass is 16.5. The van der Waals surface area contributed by atoms with Gasteiger partial charge in [0.1, 0.15) is 11.4 Å². The molecule has 5 nitrogen and oxygen atoms in total. The van der Waals surface area contributed by atoms with Gasteiger partial charge in [0.25, 0.3) is 11.8 Å². The first-order chi connectivity index (χ1) is 16.1. The monoisotopic (exact) mass is 454 g/mol. The highest BCUT2D eigenvalue weighted by molar-refractivity contribution is 6.46. The summed E-state index contributed by atoms with van der Waals surface area (Å²) in [6.07, 6.45) is 0. The molecule has 1 heterocycles. The maximum Gasteiger partial charge on any atom is 0.282 e. The molecular weight excluding hydrogens is 424 g/mol. The summed E-state index contributed by atoms with van der Waals surface area (Å²) in [6, 6.07) is 20.8. The predicted octanol–water partition coefficient (Wildman–Crippen LogP) is 6.01. The Morgan fingerprint density at radius 1 is 0.824 bits per heavy atom. The lowest BCUT2D eigenvalue weighted by molar-refractivity contribution is -0.120. The molecule has 1 N–H and O–H groups in total. The number of ether oxygens (including phenoxy) is 1. The Morgan fingerprint density at radius 2 is 1.47 bits per heavy atom. The Hall–Kier alpha value is -3.86. The van der Waals surface area contributed by atoms with E-state index in [1.54, 1.807) is 31.4 Å². The molecule has 34 heavy (non-hydrogen) atoms. The second-order valence-electron chi connectivity index (χ2n) is 9.66. The lowest BCUT2D eigenvalue weighted by atomic mass is 9.87. The fourth-order valence-corrected chi connectivity index (χ4v) is 4.02. The second kappa shape index (κ2) is 8.82. The van der Waals surface area contributed by atoms with Crippen LogP contribution in [0.2, 0.25) is 0 Å². The minimum atomic E-state index is -0.375. The van der Waals surface area contributed by atoms with Crippen molar-refractivity contribution in [3.05, 3.63) is 94.7 Å². The van der Waals surface area contributed by atoms with Crippen molar-refractivity contribution in [3.8, 4) is 5.75 Å².